The van der Waals surface area contributed by atoms with Gasteiger partial charge in [0.2, 0.25) is 0 Å². The summed E-state index contributed by atoms with van der Waals surface area (Å²) in [6.07, 6.45) is 0.695. The number of benzene rings is 2. The van der Waals surface area contributed by atoms with Crippen LogP contribution in [0.3, 0.4) is 0 Å². The lowest BCUT2D eigenvalue weighted by Gasteiger charge is -2.11. The van der Waals surface area contributed by atoms with Crippen LogP contribution in [0.2, 0.25) is 0 Å². The molecule has 2 rings (SSSR count). The maximum absolute atomic E-state index is 11.9. The van der Waals surface area contributed by atoms with Gasteiger partial charge in [0.05, 0.1) is 18.5 Å². The molecule has 4 N–H and O–H groups in total. The molecule has 2 amide bonds. The molecule has 0 heterocycles. The summed E-state index contributed by atoms with van der Waals surface area (Å²) in [5, 5.41) is 5.56. The number of carbonyl (C=O) groups is 1. The summed E-state index contributed by atoms with van der Waals surface area (Å²) in [4.78, 5) is 11.9. The molecule has 0 radical (unpaired) electrons. The molecule has 22 heavy (non-hydrogen) atoms. The first kappa shape index (κ1) is 15.7. The molecule has 0 aliphatic rings. The van der Waals surface area contributed by atoms with E-state index in [-0.39, 0.29) is 6.03 Å². The molecule has 0 aliphatic heterocycles. The maximum Gasteiger partial charge on any atom is 0.319 e. The first-order valence-electron chi connectivity index (χ1n) is 7.13. The number of hydrogen-bond donors (Lipinski definition) is 3. The lowest BCUT2D eigenvalue weighted by molar-refractivity contribution is 0.252. The van der Waals surface area contributed by atoms with Gasteiger partial charge in [-0.2, -0.15) is 0 Å². The smallest absolute Gasteiger partial charge is 0.319 e. The summed E-state index contributed by atoms with van der Waals surface area (Å²) < 4.78 is 5.28. The number of nitrogen functional groups attached to an aromatic ring is 1. The average molecular weight is 299 g/mol. The zero-order chi connectivity index (χ0) is 15.9. The number of rotatable bonds is 5. The first-order chi connectivity index (χ1) is 10.6. The van der Waals surface area contributed by atoms with E-state index < -0.39 is 0 Å². The molecule has 0 aliphatic carbocycles. The summed E-state index contributed by atoms with van der Waals surface area (Å²) in [6.45, 7) is 2.46. The van der Waals surface area contributed by atoms with E-state index in [9.17, 15) is 4.79 Å². The number of ether oxygens (including phenoxy) is 1. The summed E-state index contributed by atoms with van der Waals surface area (Å²) in [6, 6.07) is 13.0. The molecule has 116 valence electrons. The van der Waals surface area contributed by atoms with Gasteiger partial charge in [-0.3, -0.25) is 0 Å². The summed E-state index contributed by atoms with van der Waals surface area (Å²) in [5.41, 5.74) is 9.15. The van der Waals surface area contributed by atoms with E-state index in [0.717, 1.165) is 16.9 Å². The lowest BCUT2D eigenvalue weighted by atomic mass is 10.1. The van der Waals surface area contributed by atoms with E-state index in [0.29, 0.717) is 24.3 Å². The van der Waals surface area contributed by atoms with E-state index in [1.807, 2.05) is 43.3 Å². The number of anilines is 2. The molecule has 0 saturated carbocycles. The third-order valence-corrected chi connectivity index (χ3v) is 3.33. The third kappa shape index (κ3) is 4.15. The number of aryl methyl sites for hydroxylation is 1. The van der Waals surface area contributed by atoms with Crippen molar-refractivity contribution < 1.29 is 9.53 Å². The Labute approximate surface area is 130 Å². The van der Waals surface area contributed by atoms with Gasteiger partial charge in [0.15, 0.2) is 0 Å². The Kier molecular flexibility index (Phi) is 5.25. The zero-order valence-electron chi connectivity index (χ0n) is 12.8. The monoisotopic (exact) mass is 299 g/mol. The Bertz CT molecular complexity index is 656. The second kappa shape index (κ2) is 7.36. The zero-order valence-corrected chi connectivity index (χ0v) is 12.8. The SMILES string of the molecule is COc1ccccc1CCNC(=O)Nc1ccc(C)cc1N. The van der Waals surface area contributed by atoms with Crippen LogP contribution in [0, 0.1) is 6.92 Å². The fraction of sp³-hybridized carbons (Fsp3) is 0.235. The van der Waals surface area contributed by atoms with E-state index in [1.54, 1.807) is 13.2 Å². The van der Waals surface area contributed by atoms with Gasteiger partial charge in [0.1, 0.15) is 5.75 Å². The molecule has 0 bridgehead atoms. The highest BCUT2D eigenvalue weighted by molar-refractivity contribution is 5.92. The fourth-order valence-corrected chi connectivity index (χ4v) is 2.18. The highest BCUT2D eigenvalue weighted by atomic mass is 16.5. The number of para-hydroxylation sites is 1. The van der Waals surface area contributed by atoms with Crippen LogP contribution in [0.4, 0.5) is 16.2 Å². The highest BCUT2D eigenvalue weighted by Crippen LogP contribution is 2.19. The fourth-order valence-electron chi connectivity index (χ4n) is 2.18. The van der Waals surface area contributed by atoms with Crippen LogP contribution in [-0.2, 0) is 6.42 Å². The summed E-state index contributed by atoms with van der Waals surface area (Å²) in [5.74, 6) is 0.826. The van der Waals surface area contributed by atoms with Crippen molar-refractivity contribution in [3.05, 3.63) is 53.6 Å². The normalized spacial score (nSPS) is 10.1. The van der Waals surface area contributed by atoms with Crippen LogP contribution in [0.15, 0.2) is 42.5 Å². The van der Waals surface area contributed by atoms with Crippen molar-refractivity contribution in [2.24, 2.45) is 0 Å². The Hall–Kier alpha value is -2.69. The van der Waals surface area contributed by atoms with Gasteiger partial charge < -0.3 is 21.1 Å². The number of urea groups is 1. The molecule has 0 unspecified atom stereocenters. The molecule has 5 heteroatoms. The van der Waals surface area contributed by atoms with Crippen molar-refractivity contribution >= 4 is 17.4 Å². The maximum atomic E-state index is 11.9. The van der Waals surface area contributed by atoms with Crippen molar-refractivity contribution in [2.75, 3.05) is 24.7 Å². The van der Waals surface area contributed by atoms with E-state index in [1.165, 1.54) is 0 Å². The number of hydrogen-bond acceptors (Lipinski definition) is 3. The Morgan fingerprint density at radius 1 is 1.23 bits per heavy atom. The molecule has 0 atom stereocenters. The van der Waals surface area contributed by atoms with Gasteiger partial charge in [-0.1, -0.05) is 24.3 Å². The largest absolute Gasteiger partial charge is 0.496 e. The summed E-state index contributed by atoms with van der Waals surface area (Å²) in [7, 11) is 1.64. The molecule has 0 aromatic heterocycles. The molecule has 0 spiro atoms. The van der Waals surface area contributed by atoms with Crippen LogP contribution < -0.4 is 21.1 Å². The minimum absolute atomic E-state index is 0.273. The highest BCUT2D eigenvalue weighted by Gasteiger charge is 2.06. The average Bonchev–Trinajstić information content (AvgIpc) is 2.50. The van der Waals surface area contributed by atoms with Crippen molar-refractivity contribution in [3.63, 3.8) is 0 Å². The van der Waals surface area contributed by atoms with Crippen LogP contribution in [0.1, 0.15) is 11.1 Å². The van der Waals surface area contributed by atoms with Gasteiger partial charge >= 0.3 is 6.03 Å². The lowest BCUT2D eigenvalue weighted by Crippen LogP contribution is -2.30. The van der Waals surface area contributed by atoms with E-state index >= 15 is 0 Å². The predicted octanol–water partition coefficient (Wildman–Crippen LogP) is 2.95. The minimum atomic E-state index is -0.273. The van der Waals surface area contributed by atoms with Gasteiger partial charge in [-0.15, -0.1) is 0 Å². The predicted molar refractivity (Wildman–Crippen MR) is 89.3 cm³/mol. The molecule has 2 aromatic rings. The second-order valence-electron chi connectivity index (χ2n) is 5.03. The topological polar surface area (TPSA) is 76.4 Å². The van der Waals surface area contributed by atoms with Crippen LogP contribution in [-0.4, -0.2) is 19.7 Å². The minimum Gasteiger partial charge on any atom is -0.496 e. The third-order valence-electron chi connectivity index (χ3n) is 3.33. The molecule has 0 fully saturated rings. The Morgan fingerprint density at radius 2 is 2.00 bits per heavy atom. The number of methoxy groups -OCH3 is 1. The van der Waals surface area contributed by atoms with Crippen LogP contribution in [0.25, 0.3) is 0 Å². The molecular formula is C17H21N3O2. The van der Waals surface area contributed by atoms with Crippen LogP contribution in [0.5, 0.6) is 5.75 Å². The molecule has 2 aromatic carbocycles. The van der Waals surface area contributed by atoms with Crippen LogP contribution >= 0.6 is 0 Å². The number of nitrogens with one attached hydrogen (secondary N) is 2. The second-order valence-corrected chi connectivity index (χ2v) is 5.03. The van der Waals surface area contributed by atoms with Gasteiger partial charge in [0, 0.05) is 6.54 Å². The van der Waals surface area contributed by atoms with E-state index in [2.05, 4.69) is 10.6 Å². The van der Waals surface area contributed by atoms with Crippen molar-refractivity contribution in [1.29, 1.82) is 0 Å². The number of amides is 2. The van der Waals surface area contributed by atoms with Gasteiger partial charge in [0.25, 0.3) is 0 Å². The summed E-state index contributed by atoms with van der Waals surface area (Å²) >= 11 is 0. The van der Waals surface area contributed by atoms with Gasteiger partial charge in [-0.05, 0) is 42.7 Å². The van der Waals surface area contributed by atoms with Crippen molar-refractivity contribution in [2.45, 2.75) is 13.3 Å². The standard InChI is InChI=1S/C17H21N3O2/c1-12-7-8-15(14(18)11-12)20-17(21)19-10-9-13-5-3-4-6-16(13)22-2/h3-8,11H,9-10,18H2,1-2H3,(H2,19,20,21). The number of nitrogens with two attached hydrogens (primary N) is 1. The molecule has 5 nitrogen and oxygen atoms in total. The quantitative estimate of drug-likeness (QED) is 0.743. The Balaban J connectivity index is 1.85. The first-order valence-corrected chi connectivity index (χ1v) is 7.13. The molecule has 0 saturated heterocycles. The van der Waals surface area contributed by atoms with Gasteiger partial charge in [-0.25, -0.2) is 4.79 Å². The molecular weight excluding hydrogens is 278 g/mol. The van der Waals surface area contributed by atoms with E-state index in [4.69, 9.17) is 10.5 Å². The Morgan fingerprint density at radius 3 is 2.73 bits per heavy atom. The van der Waals surface area contributed by atoms with Crippen molar-refractivity contribution in [3.8, 4) is 5.75 Å². The number of carbonyl (C=O) groups excluding carboxylic acids is 1. The van der Waals surface area contributed by atoms with Crippen molar-refractivity contribution in [1.82, 2.24) is 5.32 Å².